The van der Waals surface area contributed by atoms with Crippen molar-refractivity contribution in [2.24, 2.45) is 19.1 Å². The maximum atomic E-state index is 5.65. The molecule has 2 N–H and O–H groups in total. The zero-order valence-electron chi connectivity index (χ0n) is 22.2. The van der Waals surface area contributed by atoms with Crippen LogP contribution in [0.15, 0.2) is 82.5 Å². The van der Waals surface area contributed by atoms with Gasteiger partial charge in [0.15, 0.2) is 5.82 Å². The number of halogens is 1. The van der Waals surface area contributed by atoms with Crippen LogP contribution >= 0.6 is 27.7 Å². The Morgan fingerprint density at radius 2 is 1.59 bits per heavy atom. The van der Waals surface area contributed by atoms with E-state index in [1.54, 1.807) is 10.9 Å². The average Bonchev–Trinajstić information content (AvgIpc) is 3.38. The van der Waals surface area contributed by atoms with Crippen molar-refractivity contribution < 1.29 is 0 Å². The number of nitrogens with two attached hydrogens (primary N) is 1. The lowest BCUT2D eigenvalue weighted by molar-refractivity contribution is 0.772. The van der Waals surface area contributed by atoms with Crippen molar-refractivity contribution >= 4 is 45.0 Å². The van der Waals surface area contributed by atoms with E-state index in [0.29, 0.717) is 5.82 Å². The highest BCUT2D eigenvalue weighted by molar-refractivity contribution is 9.10. The van der Waals surface area contributed by atoms with E-state index in [1.165, 1.54) is 11.1 Å². The summed E-state index contributed by atoms with van der Waals surface area (Å²) >= 11 is 5.48. The van der Waals surface area contributed by atoms with Gasteiger partial charge in [0.2, 0.25) is 0 Å². The molecule has 1 aliphatic rings. The summed E-state index contributed by atoms with van der Waals surface area (Å²) in [5, 5.41) is 9.17. The minimum absolute atomic E-state index is 0.171. The van der Waals surface area contributed by atoms with Crippen LogP contribution in [0.2, 0.25) is 0 Å². The summed E-state index contributed by atoms with van der Waals surface area (Å²) in [6.07, 6.45) is 3.55. The monoisotopic (exact) mass is 600 g/mol. The van der Waals surface area contributed by atoms with E-state index in [2.05, 4.69) is 63.0 Å². The number of pyridine rings is 2. The lowest BCUT2D eigenvalue weighted by Gasteiger charge is -2.19. The highest BCUT2D eigenvalue weighted by atomic mass is 79.9. The third kappa shape index (κ3) is 5.81. The lowest BCUT2D eigenvalue weighted by Crippen LogP contribution is -2.02. The lowest BCUT2D eigenvalue weighted by atomic mass is 9.98. The van der Waals surface area contributed by atoms with Crippen LogP contribution in [-0.4, -0.2) is 41.0 Å². The van der Waals surface area contributed by atoms with Gasteiger partial charge < -0.3 is 5.73 Å². The number of aromatic nitrogens is 6. The van der Waals surface area contributed by atoms with Crippen molar-refractivity contribution in [1.82, 2.24) is 29.5 Å². The number of hydrogen-bond donors (Lipinski definition) is 1. The molecule has 6 rings (SSSR count). The Balaban J connectivity index is 0.000000198. The van der Waals surface area contributed by atoms with Crippen molar-refractivity contribution in [1.29, 1.82) is 0 Å². The molecule has 5 heterocycles. The van der Waals surface area contributed by atoms with E-state index in [0.717, 1.165) is 50.1 Å². The van der Waals surface area contributed by atoms with Gasteiger partial charge in [0.1, 0.15) is 17.2 Å². The Labute approximate surface area is 240 Å². The van der Waals surface area contributed by atoms with Gasteiger partial charge in [-0.1, -0.05) is 34.1 Å². The van der Waals surface area contributed by atoms with Gasteiger partial charge in [-0.2, -0.15) is 10.2 Å². The molecule has 1 atom stereocenters. The van der Waals surface area contributed by atoms with Crippen molar-refractivity contribution in [2.75, 3.05) is 11.5 Å². The van der Waals surface area contributed by atoms with Gasteiger partial charge in [0.05, 0.1) is 16.6 Å². The summed E-state index contributed by atoms with van der Waals surface area (Å²) in [5.74, 6) is 2.47. The molecular formula is C29H29BrN8S. The molecule has 1 aliphatic heterocycles. The number of fused-ring (bicyclic) bond motifs is 1. The minimum atomic E-state index is 0.171. The van der Waals surface area contributed by atoms with Crippen LogP contribution in [-0.2, 0) is 14.1 Å². The molecule has 0 saturated carbocycles. The molecule has 0 saturated heterocycles. The number of rotatable bonds is 3. The Morgan fingerprint density at radius 1 is 0.872 bits per heavy atom. The number of anilines is 1. The van der Waals surface area contributed by atoms with Gasteiger partial charge in [-0.3, -0.25) is 19.3 Å². The number of aliphatic imine (C=N–C) groups is 1. The molecule has 0 spiro atoms. The molecule has 0 bridgehead atoms. The topological polar surface area (TPSA) is 99.8 Å². The van der Waals surface area contributed by atoms with E-state index in [9.17, 15) is 0 Å². The van der Waals surface area contributed by atoms with E-state index in [-0.39, 0.29) is 5.25 Å². The first-order valence-corrected chi connectivity index (χ1v) is 14.3. The van der Waals surface area contributed by atoms with Gasteiger partial charge >= 0.3 is 0 Å². The molecule has 1 unspecified atom stereocenters. The molecule has 0 amide bonds. The quantitative estimate of drug-likeness (QED) is 0.252. The first-order valence-electron chi connectivity index (χ1n) is 12.4. The number of hydrogen-bond acceptors (Lipinski definition) is 7. The summed E-state index contributed by atoms with van der Waals surface area (Å²) in [4.78, 5) is 13.6. The Kier molecular flexibility index (Phi) is 7.94. The summed E-state index contributed by atoms with van der Waals surface area (Å²) < 4.78 is 4.61. The number of benzene rings is 1. The molecule has 0 aliphatic carbocycles. The molecule has 39 heavy (non-hydrogen) atoms. The fourth-order valence-corrected chi connectivity index (χ4v) is 6.17. The second-order valence-corrected chi connectivity index (χ2v) is 11.3. The Morgan fingerprint density at radius 3 is 2.21 bits per heavy atom. The van der Waals surface area contributed by atoms with Crippen LogP contribution in [0.25, 0.3) is 22.8 Å². The van der Waals surface area contributed by atoms with E-state index in [1.807, 2.05) is 79.2 Å². The predicted octanol–water partition coefficient (Wildman–Crippen LogP) is 6.55. The van der Waals surface area contributed by atoms with Crippen LogP contribution in [0.4, 0.5) is 11.6 Å². The first kappa shape index (κ1) is 26.8. The van der Waals surface area contributed by atoms with Gasteiger partial charge in [-0.25, -0.2) is 4.99 Å². The van der Waals surface area contributed by atoms with Crippen molar-refractivity contribution in [3.05, 3.63) is 94.2 Å². The Hall–Kier alpha value is -3.76. The number of nitrogen functional groups attached to an aromatic ring is 1. The average molecular weight is 602 g/mol. The molecule has 0 fully saturated rings. The number of aryl methyl sites for hydroxylation is 3. The largest absolute Gasteiger partial charge is 0.384 e. The highest BCUT2D eigenvalue weighted by Crippen LogP contribution is 2.47. The number of thioether (sulfide) groups is 1. The standard InChI is InChI=1S/C20H19BrN4S.C9H10N4/c1-12-10-14(21)7-8-15(12)19-17-18(16-6-4-5-9-22-16)24-25(3)20(17)23-13(2)11-26-19;1-13-9(10)6-8(12-13)7-4-2-3-5-11-7/h4-10,19H,11H2,1-3H3;2-6H,10H2,1H3. The second-order valence-electron chi connectivity index (χ2n) is 9.26. The molecule has 0 radical (unpaired) electrons. The molecule has 8 nitrogen and oxygen atoms in total. The maximum absolute atomic E-state index is 5.65. The SMILES string of the molecule is CC1=Nc2c(c(-c3ccccn3)nn2C)C(c2ccc(Br)cc2C)SC1.Cn1nc(-c2ccccn2)cc1N. The van der Waals surface area contributed by atoms with Gasteiger partial charge in [-0.15, -0.1) is 11.8 Å². The second kappa shape index (κ2) is 11.5. The molecule has 4 aromatic heterocycles. The maximum Gasteiger partial charge on any atom is 0.155 e. The van der Waals surface area contributed by atoms with Crippen molar-refractivity contribution in [2.45, 2.75) is 19.1 Å². The fourth-order valence-electron chi connectivity index (χ4n) is 4.40. The third-order valence-electron chi connectivity index (χ3n) is 6.34. The highest BCUT2D eigenvalue weighted by Gasteiger charge is 2.30. The van der Waals surface area contributed by atoms with Crippen LogP contribution in [0.3, 0.4) is 0 Å². The Bertz CT molecular complexity index is 1610. The van der Waals surface area contributed by atoms with E-state index in [4.69, 9.17) is 15.8 Å². The smallest absolute Gasteiger partial charge is 0.155 e. The van der Waals surface area contributed by atoms with Gasteiger partial charge in [0.25, 0.3) is 0 Å². The fraction of sp³-hybridized carbons (Fsp3) is 0.207. The third-order valence-corrected chi connectivity index (χ3v) is 8.24. The van der Waals surface area contributed by atoms with Crippen molar-refractivity contribution in [3.8, 4) is 22.8 Å². The molecule has 10 heteroatoms. The zero-order chi connectivity index (χ0) is 27.5. The van der Waals surface area contributed by atoms with Crippen LogP contribution in [0.5, 0.6) is 0 Å². The molecular weight excluding hydrogens is 572 g/mol. The molecule has 5 aromatic rings. The normalized spacial score (nSPS) is 14.6. The van der Waals surface area contributed by atoms with Crippen molar-refractivity contribution in [3.63, 3.8) is 0 Å². The summed E-state index contributed by atoms with van der Waals surface area (Å²) in [6, 6.07) is 19.9. The van der Waals surface area contributed by atoms with E-state index < -0.39 is 0 Å². The minimum Gasteiger partial charge on any atom is -0.384 e. The van der Waals surface area contributed by atoms with Gasteiger partial charge in [-0.05, 0) is 61.4 Å². The number of nitrogens with zero attached hydrogens (tertiary/aromatic N) is 7. The summed E-state index contributed by atoms with van der Waals surface area (Å²) in [5.41, 5.74) is 13.9. The van der Waals surface area contributed by atoms with Crippen LogP contribution < -0.4 is 5.73 Å². The first-order chi connectivity index (χ1) is 18.8. The zero-order valence-corrected chi connectivity index (χ0v) is 24.6. The molecule has 1 aromatic carbocycles. The van der Waals surface area contributed by atoms with Crippen LogP contribution in [0, 0.1) is 6.92 Å². The summed E-state index contributed by atoms with van der Waals surface area (Å²) in [6.45, 7) is 4.25. The predicted molar refractivity (Wildman–Crippen MR) is 163 cm³/mol. The summed E-state index contributed by atoms with van der Waals surface area (Å²) in [7, 11) is 3.77. The van der Waals surface area contributed by atoms with Crippen LogP contribution in [0.1, 0.15) is 28.9 Å². The molecule has 198 valence electrons. The van der Waals surface area contributed by atoms with E-state index >= 15 is 0 Å². The van der Waals surface area contributed by atoms with Gasteiger partial charge in [0, 0.05) is 54.1 Å².